The Hall–Kier alpha value is -1.50. The first kappa shape index (κ1) is 17.8. The minimum atomic E-state index is -2.48. The van der Waals surface area contributed by atoms with Crippen LogP contribution in [0.3, 0.4) is 0 Å². The van der Waals surface area contributed by atoms with Crippen molar-refractivity contribution in [2.45, 2.75) is 10.7 Å². The Balaban J connectivity index is 1.87. The van der Waals surface area contributed by atoms with E-state index in [1.807, 2.05) is 0 Å². The molecule has 3 nitrogen and oxygen atoms in total. The van der Waals surface area contributed by atoms with Crippen molar-refractivity contribution in [2.24, 2.45) is 0 Å². The molecule has 0 unspecified atom stereocenters. The van der Waals surface area contributed by atoms with Gasteiger partial charge in [-0.2, -0.15) is 8.78 Å². The van der Waals surface area contributed by atoms with E-state index in [1.165, 1.54) is 24.3 Å². The number of carbonyl (C=O) groups excluding carboxylic acids is 1. The van der Waals surface area contributed by atoms with Crippen LogP contribution in [0.25, 0.3) is 0 Å². The minimum absolute atomic E-state index is 0.232. The van der Waals surface area contributed by atoms with Crippen LogP contribution < -0.4 is 10.1 Å². The van der Waals surface area contributed by atoms with Crippen LogP contribution >= 0.6 is 35.0 Å². The number of ether oxygens (including phenoxy) is 1. The number of amides is 1. The zero-order chi connectivity index (χ0) is 16.8. The first-order valence-corrected chi connectivity index (χ1v) is 7.99. The van der Waals surface area contributed by atoms with E-state index in [0.717, 1.165) is 0 Å². The van der Waals surface area contributed by atoms with Gasteiger partial charge >= 0.3 is 0 Å². The zero-order valence-corrected chi connectivity index (χ0v) is 13.9. The lowest BCUT2D eigenvalue weighted by Crippen LogP contribution is -2.20. The summed E-state index contributed by atoms with van der Waals surface area (Å²) in [5.41, 5.74) is 0.487. The van der Waals surface area contributed by atoms with Crippen LogP contribution in [0.4, 0.5) is 14.5 Å². The van der Waals surface area contributed by atoms with E-state index in [2.05, 4.69) is 5.32 Å². The number of anilines is 1. The molecule has 1 amide bonds. The molecule has 122 valence electrons. The number of carbonyl (C=O) groups is 1. The molecule has 0 bridgehead atoms. The smallest absolute Gasteiger partial charge is 0.288 e. The van der Waals surface area contributed by atoms with E-state index >= 15 is 0 Å². The van der Waals surface area contributed by atoms with E-state index in [4.69, 9.17) is 27.9 Å². The van der Waals surface area contributed by atoms with E-state index in [0.29, 0.717) is 38.1 Å². The van der Waals surface area contributed by atoms with Crippen molar-refractivity contribution in [1.29, 1.82) is 0 Å². The second-order valence-corrected chi connectivity index (χ2v) is 6.28. The topological polar surface area (TPSA) is 38.3 Å². The van der Waals surface area contributed by atoms with Gasteiger partial charge in [0, 0.05) is 20.6 Å². The highest BCUT2D eigenvalue weighted by atomic mass is 35.5. The lowest BCUT2D eigenvalue weighted by molar-refractivity contribution is -0.118. The number of rotatable bonds is 6. The molecular formula is C15H11Cl2F2NO2S. The fourth-order valence-corrected chi connectivity index (χ4v) is 2.68. The van der Waals surface area contributed by atoms with Gasteiger partial charge in [-0.3, -0.25) is 4.79 Å². The Labute approximate surface area is 145 Å². The molecule has 0 fully saturated rings. The Morgan fingerprint density at radius 1 is 1.13 bits per heavy atom. The highest BCUT2D eigenvalue weighted by Gasteiger charge is 2.07. The fourth-order valence-electron chi connectivity index (χ4n) is 1.68. The predicted octanol–water partition coefficient (Wildman–Crippen LogP) is 5.33. The summed E-state index contributed by atoms with van der Waals surface area (Å²) in [7, 11) is 0. The Morgan fingerprint density at radius 2 is 1.74 bits per heavy atom. The normalized spacial score (nSPS) is 10.7. The number of hydrogen-bond acceptors (Lipinski definition) is 3. The number of hydrogen-bond donors (Lipinski definition) is 1. The molecule has 8 heteroatoms. The first-order chi connectivity index (χ1) is 10.9. The van der Waals surface area contributed by atoms with Gasteiger partial charge in [-0.15, -0.1) is 0 Å². The maximum Gasteiger partial charge on any atom is 0.288 e. The van der Waals surface area contributed by atoms with Gasteiger partial charge in [-0.25, -0.2) is 0 Å². The third-order valence-electron chi connectivity index (χ3n) is 2.57. The van der Waals surface area contributed by atoms with Crippen molar-refractivity contribution in [3.05, 3.63) is 52.5 Å². The zero-order valence-electron chi connectivity index (χ0n) is 11.6. The summed E-state index contributed by atoms with van der Waals surface area (Å²) in [6.45, 7) is -0.232. The standard InChI is InChI=1S/C15H11Cl2F2NO2S/c16-9-5-10(17)7-12(6-9)22-8-14(21)20-11-1-3-13(4-2-11)23-15(18)19/h1-7,15H,8H2,(H,20,21). The summed E-state index contributed by atoms with van der Waals surface area (Å²) < 4.78 is 29.7. The Morgan fingerprint density at radius 3 is 2.30 bits per heavy atom. The van der Waals surface area contributed by atoms with Crippen LogP contribution in [0.15, 0.2) is 47.4 Å². The van der Waals surface area contributed by atoms with Crippen molar-refractivity contribution < 1.29 is 18.3 Å². The van der Waals surface area contributed by atoms with Crippen molar-refractivity contribution in [3.8, 4) is 5.75 Å². The second-order valence-electron chi connectivity index (χ2n) is 4.34. The van der Waals surface area contributed by atoms with Crippen LogP contribution in [-0.2, 0) is 4.79 Å². The molecule has 0 heterocycles. The van der Waals surface area contributed by atoms with Crippen molar-refractivity contribution in [1.82, 2.24) is 0 Å². The molecule has 0 aliphatic carbocycles. The largest absolute Gasteiger partial charge is 0.484 e. The van der Waals surface area contributed by atoms with Crippen LogP contribution in [0, 0.1) is 0 Å². The quantitative estimate of drug-likeness (QED) is 0.691. The number of nitrogens with one attached hydrogen (secondary N) is 1. The molecule has 0 spiro atoms. The first-order valence-electron chi connectivity index (χ1n) is 6.36. The number of benzene rings is 2. The molecule has 0 saturated heterocycles. The minimum Gasteiger partial charge on any atom is -0.484 e. The molecule has 2 aromatic rings. The molecule has 2 aromatic carbocycles. The molecule has 0 aliphatic heterocycles. The highest BCUT2D eigenvalue weighted by molar-refractivity contribution is 7.99. The third kappa shape index (κ3) is 6.25. The summed E-state index contributed by atoms with van der Waals surface area (Å²) in [5.74, 6) is -2.50. The molecule has 1 N–H and O–H groups in total. The SMILES string of the molecule is O=C(COc1cc(Cl)cc(Cl)c1)Nc1ccc(SC(F)F)cc1. The Kier molecular flexibility index (Phi) is 6.50. The van der Waals surface area contributed by atoms with Gasteiger partial charge in [-0.05, 0) is 42.5 Å². The van der Waals surface area contributed by atoms with Gasteiger partial charge in [0.1, 0.15) is 5.75 Å². The number of halogens is 4. The summed E-state index contributed by atoms with van der Waals surface area (Å²) in [5, 5.41) is 3.40. The van der Waals surface area contributed by atoms with Crippen molar-refractivity contribution in [3.63, 3.8) is 0 Å². The van der Waals surface area contributed by atoms with Crippen molar-refractivity contribution in [2.75, 3.05) is 11.9 Å². The molecule has 23 heavy (non-hydrogen) atoms. The molecule has 0 aliphatic rings. The lowest BCUT2D eigenvalue weighted by atomic mass is 10.3. The summed E-state index contributed by atoms with van der Waals surface area (Å²) in [4.78, 5) is 12.2. The number of thioether (sulfide) groups is 1. The van der Waals surface area contributed by atoms with Gasteiger partial charge in [0.2, 0.25) is 0 Å². The predicted molar refractivity (Wildman–Crippen MR) is 88.9 cm³/mol. The van der Waals surface area contributed by atoms with Crippen LogP contribution in [0.1, 0.15) is 0 Å². The molecular weight excluding hydrogens is 367 g/mol. The summed E-state index contributed by atoms with van der Waals surface area (Å²) in [6.07, 6.45) is 0. The van der Waals surface area contributed by atoms with Gasteiger partial charge in [0.15, 0.2) is 6.61 Å². The molecule has 0 atom stereocenters. The van der Waals surface area contributed by atoms with Gasteiger partial charge in [0.05, 0.1) is 0 Å². The van der Waals surface area contributed by atoms with E-state index in [1.54, 1.807) is 18.2 Å². The number of alkyl halides is 2. The average molecular weight is 378 g/mol. The third-order valence-corrected chi connectivity index (χ3v) is 3.73. The molecule has 0 saturated carbocycles. The molecule has 0 radical (unpaired) electrons. The maximum atomic E-state index is 12.2. The van der Waals surface area contributed by atoms with E-state index < -0.39 is 11.7 Å². The van der Waals surface area contributed by atoms with Crippen LogP contribution in [0.5, 0.6) is 5.75 Å². The van der Waals surface area contributed by atoms with Crippen LogP contribution in [0.2, 0.25) is 10.0 Å². The highest BCUT2D eigenvalue weighted by Crippen LogP contribution is 2.26. The lowest BCUT2D eigenvalue weighted by Gasteiger charge is -2.09. The van der Waals surface area contributed by atoms with Gasteiger partial charge in [0.25, 0.3) is 11.7 Å². The average Bonchev–Trinajstić information content (AvgIpc) is 2.46. The van der Waals surface area contributed by atoms with Gasteiger partial charge in [-0.1, -0.05) is 35.0 Å². The summed E-state index contributed by atoms with van der Waals surface area (Å²) >= 11 is 12.1. The maximum absolute atomic E-state index is 12.2. The van der Waals surface area contributed by atoms with E-state index in [9.17, 15) is 13.6 Å². The van der Waals surface area contributed by atoms with Crippen LogP contribution in [-0.4, -0.2) is 18.3 Å². The summed E-state index contributed by atoms with van der Waals surface area (Å²) in [6, 6.07) is 10.7. The fraction of sp³-hybridized carbons (Fsp3) is 0.133. The van der Waals surface area contributed by atoms with Gasteiger partial charge < -0.3 is 10.1 Å². The molecule has 2 rings (SSSR count). The molecule has 0 aromatic heterocycles. The second kappa shape index (κ2) is 8.38. The monoisotopic (exact) mass is 377 g/mol. The Bertz CT molecular complexity index is 663. The van der Waals surface area contributed by atoms with Crippen molar-refractivity contribution >= 4 is 46.6 Å². The van der Waals surface area contributed by atoms with E-state index in [-0.39, 0.29) is 6.61 Å².